The van der Waals surface area contributed by atoms with Crippen molar-refractivity contribution in [2.45, 2.75) is 365 Å². The fourth-order valence-electron chi connectivity index (χ4n) is 10.5. The molecule has 0 aromatic rings. The Labute approximate surface area is 468 Å². The summed E-state index contributed by atoms with van der Waals surface area (Å²) in [5, 5.41) is 65.0. The summed E-state index contributed by atoms with van der Waals surface area (Å²) in [5.41, 5.74) is 0. The van der Waals surface area contributed by atoms with Gasteiger partial charge in [-0.2, -0.15) is 0 Å². The highest BCUT2D eigenvalue weighted by Gasteiger charge is 2.44. The second-order valence-corrected chi connectivity index (χ2v) is 23.0. The lowest BCUT2D eigenvalue weighted by molar-refractivity contribution is -0.302. The number of amides is 1. The predicted molar refractivity (Wildman–Crippen MR) is 319 cm³/mol. The fraction of sp³-hybridized carbons (Fsp3) is 0.894. The van der Waals surface area contributed by atoms with Crippen molar-refractivity contribution in [3.05, 3.63) is 36.5 Å². The topological polar surface area (TPSA) is 169 Å². The Morgan fingerprint density at radius 3 is 1.14 bits per heavy atom. The van der Waals surface area contributed by atoms with Crippen molar-refractivity contribution in [3.63, 3.8) is 0 Å². The highest BCUT2D eigenvalue weighted by Crippen LogP contribution is 2.23. The molecule has 1 aliphatic heterocycles. The van der Waals surface area contributed by atoms with Crippen molar-refractivity contribution >= 4 is 5.91 Å². The number of nitrogens with one attached hydrogen (secondary N) is 1. The van der Waals surface area contributed by atoms with Gasteiger partial charge in [-0.15, -0.1) is 0 Å². The zero-order chi connectivity index (χ0) is 55.2. The van der Waals surface area contributed by atoms with Gasteiger partial charge in [0.25, 0.3) is 0 Å². The third kappa shape index (κ3) is 43.2. The minimum absolute atomic E-state index is 0.306. The molecule has 448 valence electrons. The van der Waals surface area contributed by atoms with Crippen molar-refractivity contribution in [3.8, 4) is 0 Å². The van der Waals surface area contributed by atoms with Crippen molar-refractivity contribution in [1.82, 2.24) is 5.32 Å². The van der Waals surface area contributed by atoms with Gasteiger partial charge in [-0.25, -0.2) is 0 Å². The van der Waals surface area contributed by atoms with Gasteiger partial charge in [-0.05, 0) is 57.8 Å². The summed E-state index contributed by atoms with van der Waals surface area (Å²) in [6, 6.07) is -0.996. The first-order valence-electron chi connectivity index (χ1n) is 32.8. The van der Waals surface area contributed by atoms with Crippen LogP contribution in [0, 0.1) is 0 Å². The summed E-state index contributed by atoms with van der Waals surface area (Å²) in [7, 11) is 0. The molecule has 8 atom stereocenters. The van der Waals surface area contributed by atoms with E-state index in [1.165, 1.54) is 250 Å². The molecule has 0 bridgehead atoms. The molecule has 7 N–H and O–H groups in total. The molecule has 1 aliphatic rings. The molecule has 10 nitrogen and oxygen atoms in total. The number of allylic oxidation sites excluding steroid dienone is 5. The summed E-state index contributed by atoms with van der Waals surface area (Å²) < 4.78 is 11.2. The third-order valence-corrected chi connectivity index (χ3v) is 15.8. The summed E-state index contributed by atoms with van der Waals surface area (Å²) in [6.45, 7) is 3.61. The van der Waals surface area contributed by atoms with Crippen LogP contribution >= 0.6 is 0 Å². The zero-order valence-corrected chi connectivity index (χ0v) is 49.6. The first-order valence-corrected chi connectivity index (χ1v) is 32.8. The molecule has 1 rings (SSSR count). The quantitative estimate of drug-likeness (QED) is 0.0232. The standard InChI is InChI=1S/C66H125NO9/c1-3-5-7-9-11-13-15-17-18-19-20-21-22-23-24-25-26-27-28-29-30-31-32-33-34-35-36-37-38-39-40-41-43-45-47-49-51-53-55-60(70)65(74)67-58(57-75-66-64(73)63(72)62(71)61(56-68)76-66)59(69)54-52-50-48-46-44-42-16-14-12-10-8-6-4-2/h29-30,44,46,52,54,58-64,66,68-73H,3-28,31-43,45,47-51,53,55-57H2,1-2H3,(H,67,74)/b30-29-,46-44+,54-52+. The number of aliphatic hydroxyl groups is 6. The number of carbonyl (C=O) groups excluding carboxylic acids is 1. The first kappa shape index (κ1) is 72.4. The van der Waals surface area contributed by atoms with E-state index < -0.39 is 61.5 Å². The monoisotopic (exact) mass is 1080 g/mol. The van der Waals surface area contributed by atoms with Crippen LogP contribution in [0.1, 0.15) is 316 Å². The van der Waals surface area contributed by atoms with Crippen molar-refractivity contribution in [2.75, 3.05) is 13.2 Å². The lowest BCUT2D eigenvalue weighted by Crippen LogP contribution is -2.60. The van der Waals surface area contributed by atoms with Crippen LogP contribution in [0.25, 0.3) is 0 Å². The summed E-state index contributed by atoms with van der Waals surface area (Å²) in [4.78, 5) is 13.1. The molecule has 0 radical (unpaired) electrons. The number of carbonyl (C=O) groups is 1. The minimum Gasteiger partial charge on any atom is -0.394 e. The average Bonchev–Trinajstić information content (AvgIpc) is 3.42. The molecule has 76 heavy (non-hydrogen) atoms. The second-order valence-electron chi connectivity index (χ2n) is 23.0. The van der Waals surface area contributed by atoms with Crippen molar-refractivity contribution in [2.24, 2.45) is 0 Å². The SMILES string of the molecule is CCCCCCCCC/C=C/CC/C=C/C(O)C(COC1OC(CO)C(O)C(O)C1O)NC(=O)C(O)CCCCCCCCCCCCCCCCCC/C=C\CCCCCCCCCCCCCCCCCCCC. The van der Waals surface area contributed by atoms with Crippen LogP contribution in [0.2, 0.25) is 0 Å². The lowest BCUT2D eigenvalue weighted by Gasteiger charge is -2.40. The van der Waals surface area contributed by atoms with Crippen LogP contribution in [0.5, 0.6) is 0 Å². The van der Waals surface area contributed by atoms with E-state index in [0.717, 1.165) is 32.1 Å². The number of hydrogen-bond donors (Lipinski definition) is 7. The predicted octanol–water partition coefficient (Wildman–Crippen LogP) is 16.1. The van der Waals surface area contributed by atoms with E-state index in [0.29, 0.717) is 19.3 Å². The Morgan fingerprint density at radius 1 is 0.447 bits per heavy atom. The molecule has 0 aromatic heterocycles. The van der Waals surface area contributed by atoms with Crippen LogP contribution < -0.4 is 5.32 Å². The Hall–Kier alpha value is -1.63. The molecule has 1 amide bonds. The molecule has 0 aliphatic carbocycles. The second kappa shape index (κ2) is 55.3. The van der Waals surface area contributed by atoms with E-state index in [1.54, 1.807) is 6.08 Å². The largest absolute Gasteiger partial charge is 0.394 e. The molecule has 0 spiro atoms. The van der Waals surface area contributed by atoms with Gasteiger partial charge in [-0.3, -0.25) is 4.79 Å². The minimum atomic E-state index is -1.62. The fourth-order valence-corrected chi connectivity index (χ4v) is 10.5. The maximum absolute atomic E-state index is 13.1. The van der Waals surface area contributed by atoms with E-state index in [1.807, 2.05) is 6.08 Å². The van der Waals surface area contributed by atoms with Gasteiger partial charge in [0.05, 0.1) is 25.4 Å². The first-order chi connectivity index (χ1) is 37.3. The smallest absolute Gasteiger partial charge is 0.249 e. The Bertz CT molecular complexity index is 1310. The van der Waals surface area contributed by atoms with Crippen molar-refractivity contribution in [1.29, 1.82) is 0 Å². The van der Waals surface area contributed by atoms with Crippen LogP contribution in [-0.4, -0.2) is 98.7 Å². The van der Waals surface area contributed by atoms with Gasteiger partial charge in [-0.1, -0.05) is 294 Å². The van der Waals surface area contributed by atoms with E-state index in [4.69, 9.17) is 9.47 Å². The average molecular weight is 1080 g/mol. The van der Waals surface area contributed by atoms with Gasteiger partial charge in [0.15, 0.2) is 6.29 Å². The van der Waals surface area contributed by atoms with Gasteiger partial charge in [0.1, 0.15) is 30.5 Å². The maximum Gasteiger partial charge on any atom is 0.249 e. The lowest BCUT2D eigenvalue weighted by atomic mass is 9.99. The van der Waals surface area contributed by atoms with E-state index in [2.05, 4.69) is 43.5 Å². The van der Waals surface area contributed by atoms with Gasteiger partial charge in [0.2, 0.25) is 5.91 Å². The molecule has 1 saturated heterocycles. The number of rotatable bonds is 57. The molecule has 8 unspecified atom stereocenters. The van der Waals surface area contributed by atoms with E-state index in [9.17, 15) is 35.4 Å². The normalized spacial score (nSPS) is 19.4. The zero-order valence-electron chi connectivity index (χ0n) is 49.6. The number of aliphatic hydroxyl groups excluding tert-OH is 6. The van der Waals surface area contributed by atoms with E-state index in [-0.39, 0.29) is 6.61 Å². The highest BCUT2D eigenvalue weighted by molar-refractivity contribution is 5.80. The number of ether oxygens (including phenoxy) is 2. The van der Waals surface area contributed by atoms with Crippen LogP contribution in [0.4, 0.5) is 0 Å². The summed E-state index contributed by atoms with van der Waals surface area (Å²) in [5.74, 6) is -0.623. The molecule has 1 heterocycles. The molecule has 1 fully saturated rings. The molecular formula is C66H125NO9. The summed E-state index contributed by atoms with van der Waals surface area (Å²) in [6.07, 6.45) is 63.1. The molecule has 10 heteroatoms. The van der Waals surface area contributed by atoms with E-state index >= 15 is 0 Å². The van der Waals surface area contributed by atoms with Crippen LogP contribution in [0.15, 0.2) is 36.5 Å². The highest BCUT2D eigenvalue weighted by atomic mass is 16.7. The summed E-state index contributed by atoms with van der Waals surface area (Å²) >= 11 is 0. The van der Waals surface area contributed by atoms with Gasteiger partial charge in [0, 0.05) is 0 Å². The number of hydrogen-bond acceptors (Lipinski definition) is 9. The van der Waals surface area contributed by atoms with Gasteiger partial charge >= 0.3 is 0 Å². The molecular weight excluding hydrogens is 951 g/mol. The Balaban J connectivity index is 2.07. The van der Waals surface area contributed by atoms with Crippen LogP contribution in [-0.2, 0) is 14.3 Å². The Morgan fingerprint density at radius 2 is 0.776 bits per heavy atom. The maximum atomic E-state index is 13.1. The molecule has 0 aromatic carbocycles. The van der Waals surface area contributed by atoms with Crippen molar-refractivity contribution < 1.29 is 44.9 Å². The Kier molecular flexibility index (Phi) is 52.7. The molecule has 0 saturated carbocycles. The van der Waals surface area contributed by atoms with Crippen LogP contribution in [0.3, 0.4) is 0 Å². The number of unbranched alkanes of at least 4 members (excludes halogenated alkanes) is 42. The third-order valence-electron chi connectivity index (χ3n) is 15.8. The van der Waals surface area contributed by atoms with Gasteiger partial charge < -0.3 is 45.4 Å².